The minimum absolute atomic E-state index is 0. The number of nitrogens with one attached hydrogen (secondary N) is 1. The summed E-state index contributed by atoms with van der Waals surface area (Å²) in [7, 11) is 0. The molecule has 1 aromatic carbocycles. The van der Waals surface area contributed by atoms with Crippen molar-refractivity contribution in [3.63, 3.8) is 0 Å². The molecule has 144 valence electrons. The molecule has 3 rings (SSSR count). The van der Waals surface area contributed by atoms with Crippen LogP contribution in [0, 0.1) is 17.8 Å². The zero-order valence-electron chi connectivity index (χ0n) is 14.6. The summed E-state index contributed by atoms with van der Waals surface area (Å²) in [6.07, 6.45) is 3.22. The van der Waals surface area contributed by atoms with E-state index in [0.717, 1.165) is 19.3 Å². The van der Waals surface area contributed by atoms with Crippen molar-refractivity contribution in [3.05, 3.63) is 28.2 Å². The first-order valence-electron chi connectivity index (χ1n) is 8.70. The Morgan fingerprint density at radius 3 is 2.38 bits per heavy atom. The Morgan fingerprint density at radius 1 is 1.23 bits per heavy atom. The van der Waals surface area contributed by atoms with Crippen LogP contribution in [0.3, 0.4) is 0 Å². The molecule has 2 amide bonds. The molecule has 1 aromatic rings. The van der Waals surface area contributed by atoms with Crippen LogP contribution in [0.4, 0.5) is 5.69 Å². The molecule has 2 aliphatic rings. The third-order valence-corrected chi connectivity index (χ3v) is 6.15. The molecule has 0 aliphatic heterocycles. The molecule has 0 radical (unpaired) electrons. The number of anilines is 1. The maximum atomic E-state index is 12.9. The first-order chi connectivity index (χ1) is 11.9. The van der Waals surface area contributed by atoms with Crippen LogP contribution in [0.5, 0.6) is 0 Å². The molecule has 3 N–H and O–H groups in total. The van der Waals surface area contributed by atoms with Gasteiger partial charge in [-0.25, -0.2) is 0 Å². The summed E-state index contributed by atoms with van der Waals surface area (Å²) >= 11 is 12.2. The Balaban J connectivity index is 0.00000243. The van der Waals surface area contributed by atoms with Gasteiger partial charge in [0.25, 0.3) is 0 Å². The lowest BCUT2D eigenvalue weighted by Crippen LogP contribution is -2.49. The Bertz CT molecular complexity index is 663. The van der Waals surface area contributed by atoms with Crippen molar-refractivity contribution >= 4 is 53.1 Å². The summed E-state index contributed by atoms with van der Waals surface area (Å²) in [5, 5.41) is 3.44. The van der Waals surface area contributed by atoms with Gasteiger partial charge in [-0.15, -0.1) is 12.4 Å². The normalized spacial score (nSPS) is 26.3. The van der Waals surface area contributed by atoms with Gasteiger partial charge in [0, 0.05) is 12.6 Å². The number of nitrogens with two attached hydrogens (primary N) is 1. The molecule has 2 bridgehead atoms. The average Bonchev–Trinajstić information content (AvgIpc) is 3.16. The van der Waals surface area contributed by atoms with Gasteiger partial charge in [-0.05, 0) is 50.2 Å². The first kappa shape index (κ1) is 21.3. The Labute approximate surface area is 170 Å². The third-order valence-electron chi connectivity index (χ3n) is 5.52. The summed E-state index contributed by atoms with van der Waals surface area (Å²) < 4.78 is 0. The average molecular weight is 421 g/mol. The molecule has 26 heavy (non-hydrogen) atoms. The van der Waals surface area contributed by atoms with E-state index >= 15 is 0 Å². The van der Waals surface area contributed by atoms with E-state index in [1.54, 1.807) is 23.1 Å². The molecule has 4 unspecified atom stereocenters. The fraction of sp³-hybridized carbons (Fsp3) is 0.556. The molecule has 0 aromatic heterocycles. The number of halogens is 3. The zero-order valence-corrected chi connectivity index (χ0v) is 16.9. The lowest BCUT2D eigenvalue weighted by Gasteiger charge is -2.32. The highest BCUT2D eigenvalue weighted by Crippen LogP contribution is 2.48. The van der Waals surface area contributed by atoms with Gasteiger partial charge in [0.15, 0.2) is 0 Å². The topological polar surface area (TPSA) is 75.4 Å². The van der Waals surface area contributed by atoms with Crippen molar-refractivity contribution in [2.75, 3.05) is 18.4 Å². The molecule has 4 atom stereocenters. The minimum Gasteiger partial charge on any atom is -0.333 e. The van der Waals surface area contributed by atoms with Crippen LogP contribution in [0.15, 0.2) is 18.2 Å². The van der Waals surface area contributed by atoms with E-state index in [1.165, 1.54) is 0 Å². The maximum Gasteiger partial charge on any atom is 0.244 e. The quantitative estimate of drug-likeness (QED) is 0.764. The van der Waals surface area contributed by atoms with Crippen LogP contribution in [-0.2, 0) is 9.59 Å². The maximum absolute atomic E-state index is 12.9. The van der Waals surface area contributed by atoms with E-state index in [0.29, 0.717) is 34.1 Å². The van der Waals surface area contributed by atoms with Gasteiger partial charge in [-0.3, -0.25) is 9.59 Å². The van der Waals surface area contributed by atoms with Crippen molar-refractivity contribution in [2.24, 2.45) is 23.5 Å². The number of nitrogens with zero attached hydrogens (tertiary/aromatic N) is 1. The van der Waals surface area contributed by atoms with Gasteiger partial charge >= 0.3 is 0 Å². The van der Waals surface area contributed by atoms with Gasteiger partial charge in [-0.2, -0.15) is 0 Å². The van der Waals surface area contributed by atoms with Gasteiger partial charge in [-0.1, -0.05) is 29.3 Å². The van der Waals surface area contributed by atoms with E-state index in [9.17, 15) is 9.59 Å². The van der Waals surface area contributed by atoms with Crippen LogP contribution in [0.2, 0.25) is 10.0 Å². The number of hydrogen-bond acceptors (Lipinski definition) is 3. The smallest absolute Gasteiger partial charge is 0.244 e. The van der Waals surface area contributed by atoms with E-state index in [-0.39, 0.29) is 42.7 Å². The number of benzene rings is 1. The van der Waals surface area contributed by atoms with E-state index in [2.05, 4.69) is 5.32 Å². The van der Waals surface area contributed by atoms with Gasteiger partial charge in [0.05, 0.1) is 28.2 Å². The van der Waals surface area contributed by atoms with Crippen molar-refractivity contribution in [3.8, 4) is 0 Å². The van der Waals surface area contributed by atoms with Crippen LogP contribution >= 0.6 is 35.6 Å². The summed E-state index contributed by atoms with van der Waals surface area (Å²) in [6.45, 7) is 2.30. The van der Waals surface area contributed by atoms with Crippen molar-refractivity contribution < 1.29 is 9.59 Å². The van der Waals surface area contributed by atoms with Crippen LogP contribution in [-0.4, -0.2) is 35.8 Å². The lowest BCUT2D eigenvalue weighted by molar-refractivity contribution is -0.140. The summed E-state index contributed by atoms with van der Waals surface area (Å²) in [4.78, 5) is 26.9. The molecule has 8 heteroatoms. The molecule has 0 heterocycles. The number of para-hydroxylation sites is 1. The van der Waals surface area contributed by atoms with Crippen molar-refractivity contribution in [1.29, 1.82) is 0 Å². The second-order valence-electron chi connectivity index (χ2n) is 6.93. The Morgan fingerprint density at radius 2 is 1.85 bits per heavy atom. The standard InChI is InChI=1S/C18H23Cl2N3O2.ClH/c1-2-23(18(25)15-10-6-7-11(8-10)16(15)21)9-14(24)22-17-12(19)4-3-5-13(17)20;/h3-5,10-11,15-16H,2,6-9,21H2,1H3,(H,22,24);1H. The van der Waals surface area contributed by atoms with Gasteiger partial charge in [0.1, 0.15) is 0 Å². The minimum atomic E-state index is -0.318. The number of carbonyl (C=O) groups is 2. The van der Waals surface area contributed by atoms with Crippen molar-refractivity contribution in [2.45, 2.75) is 32.2 Å². The molecule has 0 saturated heterocycles. The second kappa shape index (κ2) is 8.79. The highest BCUT2D eigenvalue weighted by Gasteiger charge is 2.50. The highest BCUT2D eigenvalue weighted by molar-refractivity contribution is 6.39. The summed E-state index contributed by atoms with van der Waals surface area (Å²) in [6, 6.07) is 4.93. The SMILES string of the molecule is CCN(CC(=O)Nc1c(Cl)cccc1Cl)C(=O)C1C2CCC(C2)C1N.Cl. The predicted octanol–water partition coefficient (Wildman–Crippen LogP) is 3.58. The molecule has 0 spiro atoms. The summed E-state index contributed by atoms with van der Waals surface area (Å²) in [5.41, 5.74) is 6.64. The van der Waals surface area contributed by atoms with E-state index in [1.807, 2.05) is 6.92 Å². The van der Waals surface area contributed by atoms with Gasteiger partial charge in [0.2, 0.25) is 11.8 Å². The third kappa shape index (κ3) is 4.11. The fourth-order valence-electron chi connectivity index (χ4n) is 4.23. The van der Waals surface area contributed by atoms with Crippen LogP contribution in [0.25, 0.3) is 0 Å². The Hall–Kier alpha value is -1.01. The second-order valence-corrected chi connectivity index (χ2v) is 7.75. The van der Waals surface area contributed by atoms with Crippen LogP contribution in [0.1, 0.15) is 26.2 Å². The molecule has 2 saturated carbocycles. The zero-order chi connectivity index (χ0) is 18.1. The Kier molecular flexibility index (Phi) is 7.19. The molecule has 5 nitrogen and oxygen atoms in total. The lowest BCUT2D eigenvalue weighted by atomic mass is 9.84. The van der Waals surface area contributed by atoms with Crippen molar-refractivity contribution in [1.82, 2.24) is 4.90 Å². The number of fused-ring (bicyclic) bond motifs is 2. The predicted molar refractivity (Wildman–Crippen MR) is 107 cm³/mol. The number of likely N-dealkylation sites (N-methyl/N-ethyl adjacent to an activating group) is 1. The monoisotopic (exact) mass is 419 g/mol. The first-order valence-corrected chi connectivity index (χ1v) is 9.46. The number of carbonyl (C=O) groups excluding carboxylic acids is 2. The molecule has 2 fully saturated rings. The van der Waals surface area contributed by atoms with Gasteiger partial charge < -0.3 is 16.0 Å². The number of hydrogen-bond donors (Lipinski definition) is 2. The summed E-state index contributed by atoms with van der Waals surface area (Å²) in [5.74, 6) is 0.330. The van der Waals surface area contributed by atoms with Crippen LogP contribution < -0.4 is 11.1 Å². The largest absolute Gasteiger partial charge is 0.333 e. The number of amides is 2. The molecular formula is C18H24Cl3N3O2. The highest BCUT2D eigenvalue weighted by atomic mass is 35.5. The van der Waals surface area contributed by atoms with E-state index < -0.39 is 0 Å². The molecule has 2 aliphatic carbocycles. The molecular weight excluding hydrogens is 397 g/mol. The van der Waals surface area contributed by atoms with E-state index in [4.69, 9.17) is 28.9 Å². The fourth-order valence-corrected chi connectivity index (χ4v) is 4.72. The number of rotatable bonds is 5.